The topological polar surface area (TPSA) is 47.8 Å². The normalized spacial score (nSPS) is 10.5. The van der Waals surface area contributed by atoms with Crippen molar-refractivity contribution in [3.63, 3.8) is 0 Å². The third-order valence-electron chi connectivity index (χ3n) is 2.22. The average Bonchev–Trinajstić information content (AvgIpc) is 2.67. The summed E-state index contributed by atoms with van der Waals surface area (Å²) in [6.45, 7) is 0. The standard InChI is InChI=1S/C11H9F2N3O/c1-16-6-8(14-15-16)5-11(17)9-4-7(12)2-3-10(9)13/h2-4,6H,5H2,1H3. The van der Waals surface area contributed by atoms with Gasteiger partial charge in [-0.15, -0.1) is 5.10 Å². The summed E-state index contributed by atoms with van der Waals surface area (Å²) in [6, 6.07) is 2.78. The molecule has 0 N–H and O–H groups in total. The molecule has 0 amide bonds. The van der Waals surface area contributed by atoms with E-state index in [4.69, 9.17) is 0 Å². The first-order chi connectivity index (χ1) is 8.06. The van der Waals surface area contributed by atoms with Crippen LogP contribution in [0.25, 0.3) is 0 Å². The molecule has 1 aromatic carbocycles. The number of carbonyl (C=O) groups excluding carboxylic acids is 1. The lowest BCUT2D eigenvalue weighted by molar-refractivity contribution is 0.0987. The molecule has 0 saturated heterocycles. The predicted octanol–water partition coefficient (Wildman–Crippen LogP) is 1.52. The van der Waals surface area contributed by atoms with Gasteiger partial charge in [0.15, 0.2) is 5.78 Å². The Balaban J connectivity index is 2.22. The first-order valence-corrected chi connectivity index (χ1v) is 4.89. The van der Waals surface area contributed by atoms with Crippen LogP contribution in [-0.2, 0) is 13.5 Å². The largest absolute Gasteiger partial charge is 0.294 e. The van der Waals surface area contributed by atoms with Gasteiger partial charge in [-0.05, 0) is 18.2 Å². The van der Waals surface area contributed by atoms with E-state index in [1.807, 2.05) is 0 Å². The molecule has 0 aliphatic heterocycles. The Kier molecular flexibility index (Phi) is 2.95. The van der Waals surface area contributed by atoms with Crippen molar-refractivity contribution in [2.75, 3.05) is 0 Å². The van der Waals surface area contributed by atoms with E-state index >= 15 is 0 Å². The second-order valence-electron chi connectivity index (χ2n) is 3.61. The van der Waals surface area contributed by atoms with Gasteiger partial charge in [0, 0.05) is 13.2 Å². The number of rotatable bonds is 3. The Labute approximate surface area is 95.9 Å². The van der Waals surface area contributed by atoms with Crippen LogP contribution in [0.2, 0.25) is 0 Å². The van der Waals surface area contributed by atoms with E-state index in [0.717, 1.165) is 18.2 Å². The second-order valence-corrected chi connectivity index (χ2v) is 3.61. The van der Waals surface area contributed by atoms with Gasteiger partial charge in [-0.25, -0.2) is 8.78 Å². The van der Waals surface area contributed by atoms with Crippen molar-refractivity contribution in [3.05, 3.63) is 47.3 Å². The summed E-state index contributed by atoms with van der Waals surface area (Å²) in [7, 11) is 1.66. The van der Waals surface area contributed by atoms with E-state index in [9.17, 15) is 13.6 Å². The molecule has 1 aromatic heterocycles. The summed E-state index contributed by atoms with van der Waals surface area (Å²) >= 11 is 0. The molecule has 0 saturated carbocycles. The summed E-state index contributed by atoms with van der Waals surface area (Å²) in [5.74, 6) is -1.91. The number of nitrogens with zero attached hydrogens (tertiary/aromatic N) is 3. The van der Waals surface area contributed by atoms with E-state index in [1.54, 1.807) is 13.2 Å². The molecule has 88 valence electrons. The molecule has 0 bridgehead atoms. The average molecular weight is 237 g/mol. The van der Waals surface area contributed by atoms with E-state index in [1.165, 1.54) is 4.68 Å². The van der Waals surface area contributed by atoms with Gasteiger partial charge < -0.3 is 0 Å². The third kappa shape index (κ3) is 2.52. The van der Waals surface area contributed by atoms with Crippen LogP contribution in [0.1, 0.15) is 16.1 Å². The molecular formula is C11H9F2N3O. The van der Waals surface area contributed by atoms with Crippen molar-refractivity contribution in [3.8, 4) is 0 Å². The quantitative estimate of drug-likeness (QED) is 0.760. The van der Waals surface area contributed by atoms with Crippen LogP contribution in [0.15, 0.2) is 24.4 Å². The van der Waals surface area contributed by atoms with Gasteiger partial charge in [0.25, 0.3) is 0 Å². The zero-order chi connectivity index (χ0) is 12.4. The molecule has 6 heteroatoms. The van der Waals surface area contributed by atoms with E-state index in [-0.39, 0.29) is 12.0 Å². The highest BCUT2D eigenvalue weighted by molar-refractivity contribution is 5.97. The monoisotopic (exact) mass is 237 g/mol. The number of ketones is 1. The second kappa shape index (κ2) is 4.40. The molecule has 2 aromatic rings. The third-order valence-corrected chi connectivity index (χ3v) is 2.22. The maximum absolute atomic E-state index is 13.3. The fourth-order valence-corrected chi connectivity index (χ4v) is 1.45. The van der Waals surface area contributed by atoms with Crippen LogP contribution >= 0.6 is 0 Å². The van der Waals surface area contributed by atoms with Gasteiger partial charge in [0.1, 0.15) is 11.6 Å². The maximum Gasteiger partial charge on any atom is 0.171 e. The van der Waals surface area contributed by atoms with Crippen LogP contribution in [0.3, 0.4) is 0 Å². The number of benzene rings is 1. The summed E-state index contributed by atoms with van der Waals surface area (Å²) in [4.78, 5) is 11.7. The molecule has 17 heavy (non-hydrogen) atoms. The molecule has 2 rings (SSSR count). The van der Waals surface area contributed by atoms with Crippen LogP contribution in [0.4, 0.5) is 8.78 Å². The van der Waals surface area contributed by atoms with Gasteiger partial charge in [0.2, 0.25) is 0 Å². The lowest BCUT2D eigenvalue weighted by Gasteiger charge is -2.00. The summed E-state index contributed by atoms with van der Waals surface area (Å²) in [6.07, 6.45) is 1.45. The van der Waals surface area contributed by atoms with Crippen LogP contribution < -0.4 is 0 Å². The van der Waals surface area contributed by atoms with Crippen molar-refractivity contribution in [1.29, 1.82) is 0 Å². The molecule has 4 nitrogen and oxygen atoms in total. The van der Waals surface area contributed by atoms with Crippen molar-refractivity contribution < 1.29 is 13.6 Å². The molecule has 0 aliphatic rings. The van der Waals surface area contributed by atoms with Gasteiger partial charge in [-0.3, -0.25) is 9.48 Å². The Hall–Kier alpha value is -2.11. The Morgan fingerprint density at radius 1 is 1.41 bits per heavy atom. The van der Waals surface area contributed by atoms with E-state index in [2.05, 4.69) is 10.3 Å². The highest BCUT2D eigenvalue weighted by atomic mass is 19.1. The molecule has 0 atom stereocenters. The molecule has 0 aliphatic carbocycles. The molecule has 0 unspecified atom stereocenters. The van der Waals surface area contributed by atoms with Crippen molar-refractivity contribution in [2.45, 2.75) is 6.42 Å². The first-order valence-electron chi connectivity index (χ1n) is 4.89. The van der Waals surface area contributed by atoms with E-state index in [0.29, 0.717) is 5.69 Å². The maximum atomic E-state index is 13.3. The van der Waals surface area contributed by atoms with Crippen molar-refractivity contribution >= 4 is 5.78 Å². The SMILES string of the molecule is Cn1cc(CC(=O)c2cc(F)ccc2F)nn1. The Morgan fingerprint density at radius 3 is 2.82 bits per heavy atom. The minimum absolute atomic E-state index is 0.103. The van der Waals surface area contributed by atoms with Crippen LogP contribution in [0.5, 0.6) is 0 Å². The lowest BCUT2D eigenvalue weighted by atomic mass is 10.1. The highest BCUT2D eigenvalue weighted by Gasteiger charge is 2.14. The predicted molar refractivity (Wildman–Crippen MR) is 55.4 cm³/mol. The number of hydrogen-bond donors (Lipinski definition) is 0. The molecule has 0 spiro atoms. The zero-order valence-corrected chi connectivity index (χ0v) is 9.02. The van der Waals surface area contributed by atoms with Gasteiger partial charge in [-0.2, -0.15) is 0 Å². The van der Waals surface area contributed by atoms with Gasteiger partial charge in [0.05, 0.1) is 17.7 Å². The van der Waals surface area contributed by atoms with Gasteiger partial charge >= 0.3 is 0 Å². The van der Waals surface area contributed by atoms with Crippen LogP contribution in [0, 0.1) is 11.6 Å². The highest BCUT2D eigenvalue weighted by Crippen LogP contribution is 2.12. The zero-order valence-electron chi connectivity index (χ0n) is 9.02. The summed E-state index contributed by atoms with van der Waals surface area (Å²) in [5.41, 5.74) is 0.150. The molecule has 0 fully saturated rings. The summed E-state index contributed by atoms with van der Waals surface area (Å²) < 4.78 is 27.6. The Morgan fingerprint density at radius 2 is 2.18 bits per heavy atom. The number of halogens is 2. The molecular weight excluding hydrogens is 228 g/mol. The first kappa shape index (κ1) is 11.4. The van der Waals surface area contributed by atoms with Crippen molar-refractivity contribution in [1.82, 2.24) is 15.0 Å². The van der Waals surface area contributed by atoms with Crippen molar-refractivity contribution in [2.24, 2.45) is 7.05 Å². The number of Topliss-reactive ketones (excluding diaryl/α,β-unsaturated/α-hetero) is 1. The number of hydrogen-bond acceptors (Lipinski definition) is 3. The number of aromatic nitrogens is 3. The van der Waals surface area contributed by atoms with Crippen LogP contribution in [-0.4, -0.2) is 20.8 Å². The van der Waals surface area contributed by atoms with E-state index < -0.39 is 17.4 Å². The Bertz CT molecular complexity index is 566. The van der Waals surface area contributed by atoms with Gasteiger partial charge in [-0.1, -0.05) is 5.21 Å². The fraction of sp³-hybridized carbons (Fsp3) is 0.182. The molecule has 1 heterocycles. The minimum atomic E-state index is -0.736. The number of aryl methyl sites for hydroxylation is 1. The fourth-order valence-electron chi connectivity index (χ4n) is 1.45. The smallest absolute Gasteiger partial charge is 0.171 e. The summed E-state index contributed by atoms with van der Waals surface area (Å²) in [5, 5.41) is 7.36. The molecule has 0 radical (unpaired) electrons. The number of carbonyl (C=O) groups is 1. The lowest BCUT2D eigenvalue weighted by Crippen LogP contribution is -2.07. The minimum Gasteiger partial charge on any atom is -0.294 e.